The Bertz CT molecular complexity index is 1040. The van der Waals surface area contributed by atoms with Crippen LogP contribution in [-0.2, 0) is 6.42 Å². The van der Waals surface area contributed by atoms with E-state index in [2.05, 4.69) is 32.4 Å². The number of nitrogens with one attached hydrogen (secondary N) is 2. The van der Waals surface area contributed by atoms with E-state index in [4.69, 9.17) is 0 Å². The molecular weight excluding hydrogens is 344 g/mol. The third-order valence-electron chi connectivity index (χ3n) is 4.23. The summed E-state index contributed by atoms with van der Waals surface area (Å²) in [5.74, 6) is 0.610. The second kappa shape index (κ2) is 7.09. The van der Waals surface area contributed by atoms with Gasteiger partial charge in [-0.15, -0.1) is 0 Å². The molecule has 0 unspecified atom stereocenters. The van der Waals surface area contributed by atoms with Crippen LogP contribution in [0.1, 0.15) is 11.3 Å². The van der Waals surface area contributed by atoms with Gasteiger partial charge in [0.1, 0.15) is 0 Å². The molecule has 5 nitrogen and oxygen atoms in total. The summed E-state index contributed by atoms with van der Waals surface area (Å²) in [4.78, 5) is 24.4. The Labute approximate surface area is 154 Å². The Hall–Kier alpha value is -2.99. The van der Waals surface area contributed by atoms with Crippen LogP contribution < -0.4 is 10.9 Å². The van der Waals surface area contributed by atoms with Crippen LogP contribution in [0.5, 0.6) is 0 Å². The van der Waals surface area contributed by atoms with Gasteiger partial charge in [-0.3, -0.25) is 9.78 Å². The summed E-state index contributed by atoms with van der Waals surface area (Å²) in [6, 6.07) is 7.92. The van der Waals surface area contributed by atoms with Gasteiger partial charge in [-0.25, -0.2) is 9.97 Å². The molecule has 1 aromatic carbocycles. The monoisotopic (exact) mass is 362 g/mol. The normalized spacial score (nSPS) is 14.0. The number of rotatable bonds is 4. The van der Waals surface area contributed by atoms with Gasteiger partial charge in [-0.05, 0) is 31.4 Å². The number of aromatic amines is 1. The number of para-hydroxylation sites is 1. The maximum atomic E-state index is 12.6. The van der Waals surface area contributed by atoms with Gasteiger partial charge in [-0.2, -0.15) is 0 Å². The van der Waals surface area contributed by atoms with Crippen molar-refractivity contribution in [2.45, 2.75) is 13.3 Å². The van der Waals surface area contributed by atoms with Gasteiger partial charge in [0, 0.05) is 11.3 Å². The average molecular weight is 362 g/mol. The topological polar surface area (TPSA) is 70.7 Å². The van der Waals surface area contributed by atoms with E-state index in [-0.39, 0.29) is 11.5 Å². The van der Waals surface area contributed by atoms with E-state index >= 15 is 0 Å². The Morgan fingerprint density at radius 1 is 1.12 bits per heavy atom. The van der Waals surface area contributed by atoms with E-state index < -0.39 is 0 Å². The van der Waals surface area contributed by atoms with Crippen molar-refractivity contribution in [1.29, 1.82) is 0 Å². The first-order valence-corrected chi connectivity index (χ1v) is 9.25. The van der Waals surface area contributed by atoms with E-state index in [0.29, 0.717) is 23.1 Å². The first kappa shape index (κ1) is 16.5. The quantitative estimate of drug-likeness (QED) is 0.727. The van der Waals surface area contributed by atoms with Crippen molar-refractivity contribution in [2.24, 2.45) is 5.92 Å². The Morgan fingerprint density at radius 2 is 1.88 bits per heavy atom. The average Bonchev–Trinajstić information content (AvgIpc) is 2.84. The second-order valence-electron chi connectivity index (χ2n) is 6.11. The van der Waals surface area contributed by atoms with Gasteiger partial charge in [0.2, 0.25) is 5.95 Å². The fourth-order valence-corrected chi connectivity index (χ4v) is 3.78. The summed E-state index contributed by atoms with van der Waals surface area (Å²) in [5, 5.41) is 3.83. The first-order valence-electron chi connectivity index (χ1n) is 8.43. The SMILES string of the molecule is Cc1nc(Nc2nc3ccccc3s2)[nH]c(=O)c1CC1C=CC=CC=C1. The van der Waals surface area contributed by atoms with Crippen molar-refractivity contribution in [3.63, 3.8) is 0 Å². The molecule has 2 aromatic heterocycles. The summed E-state index contributed by atoms with van der Waals surface area (Å²) >= 11 is 1.53. The van der Waals surface area contributed by atoms with E-state index in [0.717, 1.165) is 15.9 Å². The molecule has 0 atom stereocenters. The molecule has 0 bridgehead atoms. The van der Waals surface area contributed by atoms with E-state index in [1.807, 2.05) is 55.5 Å². The highest BCUT2D eigenvalue weighted by molar-refractivity contribution is 7.22. The number of hydrogen-bond acceptors (Lipinski definition) is 5. The number of aryl methyl sites for hydroxylation is 1. The highest BCUT2D eigenvalue weighted by atomic mass is 32.1. The molecule has 2 heterocycles. The van der Waals surface area contributed by atoms with Crippen molar-refractivity contribution in [3.8, 4) is 0 Å². The van der Waals surface area contributed by atoms with Gasteiger partial charge in [-0.1, -0.05) is 59.9 Å². The van der Waals surface area contributed by atoms with Crippen molar-refractivity contribution in [2.75, 3.05) is 5.32 Å². The van der Waals surface area contributed by atoms with Crippen molar-refractivity contribution in [1.82, 2.24) is 15.0 Å². The second-order valence-corrected chi connectivity index (χ2v) is 7.14. The summed E-state index contributed by atoms with van der Waals surface area (Å²) in [6.07, 6.45) is 12.8. The predicted octanol–water partition coefficient (Wildman–Crippen LogP) is 4.27. The van der Waals surface area contributed by atoms with E-state index in [9.17, 15) is 4.79 Å². The third-order valence-corrected chi connectivity index (χ3v) is 5.18. The number of aromatic nitrogens is 3. The van der Waals surface area contributed by atoms with E-state index in [1.54, 1.807) is 0 Å². The predicted molar refractivity (Wildman–Crippen MR) is 107 cm³/mol. The molecule has 1 aliphatic rings. The van der Waals surface area contributed by atoms with Gasteiger partial charge in [0.25, 0.3) is 5.56 Å². The number of H-pyrrole nitrogens is 1. The fourth-order valence-electron chi connectivity index (χ4n) is 2.91. The Morgan fingerprint density at radius 3 is 2.62 bits per heavy atom. The summed E-state index contributed by atoms with van der Waals surface area (Å²) in [7, 11) is 0. The van der Waals surface area contributed by atoms with Crippen LogP contribution in [0, 0.1) is 12.8 Å². The van der Waals surface area contributed by atoms with Gasteiger partial charge in [0.15, 0.2) is 5.13 Å². The van der Waals surface area contributed by atoms with Crippen LogP contribution in [0.15, 0.2) is 65.5 Å². The number of nitrogens with zero attached hydrogens (tertiary/aromatic N) is 2. The maximum absolute atomic E-state index is 12.6. The van der Waals surface area contributed by atoms with Crippen LogP contribution in [0.4, 0.5) is 11.1 Å². The minimum absolute atomic E-state index is 0.111. The van der Waals surface area contributed by atoms with Crippen molar-refractivity contribution >= 4 is 32.6 Å². The molecule has 0 radical (unpaired) electrons. The number of thiazole rings is 1. The lowest BCUT2D eigenvalue weighted by atomic mass is 9.99. The van der Waals surface area contributed by atoms with Gasteiger partial charge >= 0.3 is 0 Å². The molecule has 0 saturated heterocycles. The minimum Gasteiger partial charge on any atom is -0.302 e. The zero-order chi connectivity index (χ0) is 17.9. The summed E-state index contributed by atoms with van der Waals surface area (Å²) in [5.41, 5.74) is 2.26. The van der Waals surface area contributed by atoms with Crippen LogP contribution in [-0.4, -0.2) is 15.0 Å². The minimum atomic E-state index is -0.111. The highest BCUT2D eigenvalue weighted by Gasteiger charge is 2.13. The largest absolute Gasteiger partial charge is 0.302 e. The van der Waals surface area contributed by atoms with Gasteiger partial charge in [0.05, 0.1) is 10.2 Å². The first-order chi connectivity index (χ1) is 12.7. The molecule has 2 N–H and O–H groups in total. The van der Waals surface area contributed by atoms with Crippen molar-refractivity contribution < 1.29 is 0 Å². The molecule has 0 amide bonds. The third kappa shape index (κ3) is 3.50. The zero-order valence-electron chi connectivity index (χ0n) is 14.3. The highest BCUT2D eigenvalue weighted by Crippen LogP contribution is 2.27. The number of anilines is 2. The number of hydrogen-bond donors (Lipinski definition) is 2. The molecule has 0 spiro atoms. The lowest BCUT2D eigenvalue weighted by Gasteiger charge is -2.10. The summed E-state index contributed by atoms with van der Waals surface area (Å²) < 4.78 is 1.09. The molecule has 0 aliphatic heterocycles. The van der Waals surface area contributed by atoms with Crippen molar-refractivity contribution in [3.05, 3.63) is 82.3 Å². The number of allylic oxidation sites excluding steroid dienone is 6. The molecule has 26 heavy (non-hydrogen) atoms. The lowest BCUT2D eigenvalue weighted by Crippen LogP contribution is -2.20. The van der Waals surface area contributed by atoms with E-state index in [1.165, 1.54) is 11.3 Å². The summed E-state index contributed by atoms with van der Waals surface area (Å²) in [6.45, 7) is 1.87. The lowest BCUT2D eigenvalue weighted by molar-refractivity contribution is 0.778. The molecule has 6 heteroatoms. The number of fused-ring (bicyclic) bond motifs is 1. The van der Waals surface area contributed by atoms with Crippen LogP contribution in [0.3, 0.4) is 0 Å². The van der Waals surface area contributed by atoms with Gasteiger partial charge < -0.3 is 5.32 Å². The smallest absolute Gasteiger partial charge is 0.255 e. The van der Waals surface area contributed by atoms with Crippen LogP contribution in [0.2, 0.25) is 0 Å². The molecule has 1 aliphatic carbocycles. The molecule has 0 saturated carbocycles. The Kier molecular flexibility index (Phi) is 4.50. The Balaban J connectivity index is 1.58. The molecule has 130 valence electrons. The molecule has 3 aromatic rings. The standard InChI is InChI=1S/C20H18N4OS/c1-13-15(12-14-8-4-2-3-5-9-14)18(25)23-19(21-13)24-20-22-16-10-6-7-11-17(16)26-20/h2-11,14H,12H2,1H3,(H2,21,22,23,24,25). The fraction of sp³-hybridized carbons (Fsp3) is 0.150. The number of benzene rings is 1. The molecule has 4 rings (SSSR count). The van der Waals surface area contributed by atoms with Crippen LogP contribution >= 0.6 is 11.3 Å². The molecular formula is C20H18N4OS. The zero-order valence-corrected chi connectivity index (χ0v) is 15.1. The van der Waals surface area contributed by atoms with Crippen LogP contribution in [0.25, 0.3) is 10.2 Å². The maximum Gasteiger partial charge on any atom is 0.255 e. The molecule has 0 fully saturated rings.